The van der Waals surface area contributed by atoms with E-state index < -0.39 is 12.0 Å². The number of carboxylic acid groups (broad SMARTS) is 1. The number of ether oxygens (including phenoxy) is 1. The second-order valence-corrected chi connectivity index (χ2v) is 7.51. The summed E-state index contributed by atoms with van der Waals surface area (Å²) in [5.74, 6) is -1.10. The smallest absolute Gasteiger partial charge is 0.320 e. The van der Waals surface area contributed by atoms with Gasteiger partial charge in [0.2, 0.25) is 0 Å². The van der Waals surface area contributed by atoms with E-state index in [0.29, 0.717) is 37.2 Å². The summed E-state index contributed by atoms with van der Waals surface area (Å²) in [6.07, 6.45) is 0.389. The molecule has 32 heavy (non-hydrogen) atoms. The van der Waals surface area contributed by atoms with Crippen molar-refractivity contribution in [2.24, 2.45) is 0 Å². The van der Waals surface area contributed by atoms with Crippen molar-refractivity contribution in [3.63, 3.8) is 0 Å². The first-order valence-corrected chi connectivity index (χ1v) is 10.7. The minimum Gasteiger partial charge on any atom is -0.508 e. The molecule has 0 aliphatic heterocycles. The predicted octanol–water partition coefficient (Wildman–Crippen LogP) is 2.83. The fraction of sp³-hybridized carbons (Fsp3) is 0.417. The van der Waals surface area contributed by atoms with Crippen LogP contribution in [0.5, 0.6) is 11.5 Å². The van der Waals surface area contributed by atoms with Gasteiger partial charge in [0.15, 0.2) is 0 Å². The van der Waals surface area contributed by atoms with Crippen molar-refractivity contribution in [3.05, 3.63) is 59.7 Å². The number of esters is 1. The van der Waals surface area contributed by atoms with Crippen LogP contribution in [0.2, 0.25) is 0 Å². The molecule has 8 nitrogen and oxygen atoms in total. The van der Waals surface area contributed by atoms with E-state index in [2.05, 4.69) is 0 Å². The number of nitrogens with zero attached hydrogens (tertiary/aromatic N) is 2. The Bertz CT molecular complexity index is 888. The molecule has 0 saturated carbocycles. The number of hydrogen-bond donors (Lipinski definition) is 3. The van der Waals surface area contributed by atoms with Crippen LogP contribution >= 0.6 is 0 Å². The SMILES string of the molecule is CCOC(=O)CN(CCN(Cc1ccccc1O)C(CC)C(=O)O)Cc1ccccc1O. The van der Waals surface area contributed by atoms with Crippen molar-refractivity contribution in [1.82, 2.24) is 9.80 Å². The highest BCUT2D eigenvalue weighted by Crippen LogP contribution is 2.21. The average Bonchev–Trinajstić information content (AvgIpc) is 2.75. The fourth-order valence-corrected chi connectivity index (χ4v) is 3.56. The minimum atomic E-state index is -0.944. The topological polar surface area (TPSA) is 111 Å². The summed E-state index contributed by atoms with van der Waals surface area (Å²) in [4.78, 5) is 27.6. The first kappa shape index (κ1) is 25.2. The largest absolute Gasteiger partial charge is 0.508 e. The molecule has 1 atom stereocenters. The van der Waals surface area contributed by atoms with Crippen LogP contribution in [0.3, 0.4) is 0 Å². The molecule has 0 saturated heterocycles. The highest BCUT2D eigenvalue weighted by atomic mass is 16.5. The molecule has 0 fully saturated rings. The lowest BCUT2D eigenvalue weighted by molar-refractivity contribution is -0.146. The molecule has 0 amide bonds. The van der Waals surface area contributed by atoms with Gasteiger partial charge in [-0.25, -0.2) is 0 Å². The summed E-state index contributed by atoms with van der Waals surface area (Å²) in [6, 6.07) is 13.0. The normalized spacial score (nSPS) is 12.1. The zero-order valence-electron chi connectivity index (χ0n) is 18.6. The third-order valence-electron chi connectivity index (χ3n) is 5.22. The van der Waals surface area contributed by atoms with Crippen LogP contribution in [-0.4, -0.2) is 69.3 Å². The minimum absolute atomic E-state index is 0.0104. The predicted molar refractivity (Wildman–Crippen MR) is 120 cm³/mol. The van der Waals surface area contributed by atoms with Gasteiger partial charge in [-0.1, -0.05) is 43.3 Å². The number of phenolic OH excluding ortho intramolecular Hbond substituents is 2. The number of para-hydroxylation sites is 2. The molecule has 0 heterocycles. The summed E-state index contributed by atoms with van der Waals surface area (Å²) in [5, 5.41) is 30.0. The molecule has 0 aliphatic rings. The van der Waals surface area contributed by atoms with Crippen molar-refractivity contribution in [2.45, 2.75) is 39.4 Å². The van der Waals surface area contributed by atoms with E-state index in [-0.39, 0.29) is 37.2 Å². The Morgan fingerprint density at radius 2 is 1.47 bits per heavy atom. The number of hydrogen-bond acceptors (Lipinski definition) is 7. The van der Waals surface area contributed by atoms with E-state index in [1.54, 1.807) is 67.3 Å². The van der Waals surface area contributed by atoms with Crippen molar-refractivity contribution >= 4 is 11.9 Å². The van der Waals surface area contributed by atoms with Gasteiger partial charge in [0, 0.05) is 37.3 Å². The molecule has 8 heteroatoms. The Kier molecular flexibility index (Phi) is 9.97. The molecule has 0 aromatic heterocycles. The molecular weight excluding hydrogens is 412 g/mol. The molecule has 0 bridgehead atoms. The Balaban J connectivity index is 2.20. The quantitative estimate of drug-likeness (QED) is 0.405. The Morgan fingerprint density at radius 1 is 0.906 bits per heavy atom. The van der Waals surface area contributed by atoms with Crippen LogP contribution in [0, 0.1) is 0 Å². The van der Waals surface area contributed by atoms with Crippen LogP contribution in [0.4, 0.5) is 0 Å². The third-order valence-corrected chi connectivity index (χ3v) is 5.22. The highest BCUT2D eigenvalue weighted by Gasteiger charge is 2.25. The summed E-state index contributed by atoms with van der Waals surface area (Å²) in [7, 11) is 0. The third kappa shape index (κ3) is 7.55. The number of benzene rings is 2. The van der Waals surface area contributed by atoms with Gasteiger partial charge < -0.3 is 20.1 Å². The van der Waals surface area contributed by atoms with Gasteiger partial charge in [-0.2, -0.15) is 0 Å². The molecular formula is C24H32N2O6. The summed E-state index contributed by atoms with van der Waals surface area (Å²) in [5.41, 5.74) is 1.29. The van der Waals surface area contributed by atoms with E-state index >= 15 is 0 Å². The van der Waals surface area contributed by atoms with Gasteiger partial charge in [-0.15, -0.1) is 0 Å². The van der Waals surface area contributed by atoms with Gasteiger partial charge in [0.1, 0.15) is 17.5 Å². The van der Waals surface area contributed by atoms with E-state index in [4.69, 9.17) is 4.74 Å². The molecule has 0 aliphatic carbocycles. The van der Waals surface area contributed by atoms with Gasteiger partial charge in [0.05, 0.1) is 13.2 Å². The molecule has 2 aromatic rings. The Morgan fingerprint density at radius 3 is 1.97 bits per heavy atom. The standard InChI is InChI=1S/C24H32N2O6/c1-3-20(24(30)31)26(16-19-10-6-8-12-22(19)28)14-13-25(17-23(29)32-4-2)15-18-9-5-7-11-21(18)27/h5-12,20,27-28H,3-4,13-17H2,1-2H3,(H,30,31). The molecule has 2 rings (SSSR count). The monoisotopic (exact) mass is 444 g/mol. The van der Waals surface area contributed by atoms with Gasteiger partial charge in [0.25, 0.3) is 0 Å². The number of carbonyl (C=O) groups is 2. The second-order valence-electron chi connectivity index (χ2n) is 7.51. The Labute approximate surface area is 188 Å². The lowest BCUT2D eigenvalue weighted by Crippen LogP contribution is -2.45. The number of carboxylic acids is 1. The Hall–Kier alpha value is -3.10. The summed E-state index contributed by atoms with van der Waals surface area (Å²) < 4.78 is 5.08. The molecule has 0 radical (unpaired) electrons. The van der Waals surface area contributed by atoms with Crippen LogP contribution < -0.4 is 0 Å². The van der Waals surface area contributed by atoms with Gasteiger partial charge in [-0.3, -0.25) is 19.4 Å². The van der Waals surface area contributed by atoms with Crippen LogP contribution in [-0.2, 0) is 27.4 Å². The molecule has 3 N–H and O–H groups in total. The summed E-state index contributed by atoms with van der Waals surface area (Å²) in [6.45, 7) is 5.07. The van der Waals surface area contributed by atoms with Crippen LogP contribution in [0.25, 0.3) is 0 Å². The van der Waals surface area contributed by atoms with E-state index in [1.165, 1.54) is 0 Å². The molecule has 1 unspecified atom stereocenters. The number of carbonyl (C=O) groups excluding carboxylic acids is 1. The molecule has 0 spiro atoms. The van der Waals surface area contributed by atoms with E-state index in [9.17, 15) is 24.9 Å². The van der Waals surface area contributed by atoms with Crippen molar-refractivity contribution < 1.29 is 29.6 Å². The number of aromatic hydroxyl groups is 2. The number of phenols is 2. The molecule has 174 valence electrons. The van der Waals surface area contributed by atoms with Crippen LogP contribution in [0.15, 0.2) is 48.5 Å². The average molecular weight is 445 g/mol. The van der Waals surface area contributed by atoms with E-state index in [1.807, 2.05) is 4.90 Å². The number of aliphatic carboxylic acids is 1. The van der Waals surface area contributed by atoms with E-state index in [0.717, 1.165) is 0 Å². The number of rotatable bonds is 13. The molecule has 2 aromatic carbocycles. The maximum absolute atomic E-state index is 12.1. The van der Waals surface area contributed by atoms with Gasteiger partial charge >= 0.3 is 11.9 Å². The maximum Gasteiger partial charge on any atom is 0.320 e. The fourth-order valence-electron chi connectivity index (χ4n) is 3.56. The summed E-state index contributed by atoms with van der Waals surface area (Å²) >= 11 is 0. The highest BCUT2D eigenvalue weighted by molar-refractivity contribution is 5.73. The first-order chi connectivity index (χ1) is 15.3. The van der Waals surface area contributed by atoms with Crippen molar-refractivity contribution in [1.29, 1.82) is 0 Å². The zero-order valence-corrected chi connectivity index (χ0v) is 18.6. The second kappa shape index (κ2) is 12.7. The first-order valence-electron chi connectivity index (χ1n) is 10.7. The van der Waals surface area contributed by atoms with Crippen molar-refractivity contribution in [3.8, 4) is 11.5 Å². The van der Waals surface area contributed by atoms with Crippen molar-refractivity contribution in [2.75, 3.05) is 26.2 Å². The maximum atomic E-state index is 12.1. The zero-order chi connectivity index (χ0) is 23.5. The van der Waals surface area contributed by atoms with Crippen LogP contribution in [0.1, 0.15) is 31.4 Å². The lowest BCUT2D eigenvalue weighted by atomic mass is 10.1. The van der Waals surface area contributed by atoms with Gasteiger partial charge in [-0.05, 0) is 25.5 Å². The lowest BCUT2D eigenvalue weighted by Gasteiger charge is -2.31.